The fraction of sp³-hybridized carbons (Fsp3) is 1.00. The lowest BCUT2D eigenvalue weighted by Crippen LogP contribution is -2.14. The first-order valence-corrected chi connectivity index (χ1v) is 5.70. The molecule has 0 aromatic rings. The summed E-state index contributed by atoms with van der Waals surface area (Å²) in [5.74, 6) is 0. The molecule has 0 bridgehead atoms. The van der Waals surface area contributed by atoms with Crippen molar-refractivity contribution in [3.8, 4) is 0 Å². The summed E-state index contributed by atoms with van der Waals surface area (Å²) in [5, 5.41) is 0.229. The van der Waals surface area contributed by atoms with E-state index in [4.69, 9.17) is 0 Å². The monoisotopic (exact) mass is 163 g/mol. The maximum Gasteiger partial charge on any atom is 0.0464 e. The number of rotatable bonds is 3. The Morgan fingerprint density at radius 2 is 2.00 bits per heavy atom. The first-order valence-electron chi connectivity index (χ1n) is 3.71. The molecule has 0 radical (unpaired) electrons. The third-order valence-electron chi connectivity index (χ3n) is 1.71. The smallest absolute Gasteiger partial charge is 0.0464 e. The van der Waals surface area contributed by atoms with Crippen molar-refractivity contribution >= 4 is 9.73 Å². The lowest BCUT2D eigenvalue weighted by Gasteiger charge is -2.09. The third-order valence-corrected chi connectivity index (χ3v) is 4.30. The van der Waals surface area contributed by atoms with E-state index >= 15 is 0 Å². The van der Waals surface area contributed by atoms with Crippen molar-refractivity contribution in [3.63, 3.8) is 0 Å². The molecule has 0 saturated heterocycles. The standard InChI is InChI=1S/C7H17NOS/c1-5-7(3)10(4,9)8-6-2/h7H,5-6H2,1-4H3. The van der Waals surface area contributed by atoms with Gasteiger partial charge >= 0.3 is 0 Å². The van der Waals surface area contributed by atoms with Crippen molar-refractivity contribution in [1.82, 2.24) is 0 Å². The van der Waals surface area contributed by atoms with E-state index in [1.54, 1.807) is 6.26 Å². The van der Waals surface area contributed by atoms with Gasteiger partial charge in [0.05, 0.1) is 0 Å². The van der Waals surface area contributed by atoms with Gasteiger partial charge in [-0.05, 0) is 20.3 Å². The van der Waals surface area contributed by atoms with Gasteiger partial charge in [0.1, 0.15) is 0 Å². The third kappa shape index (κ3) is 2.69. The SMILES string of the molecule is CCN=S(C)(=O)C(C)CC. The molecule has 0 spiro atoms. The molecule has 0 aliphatic heterocycles. The van der Waals surface area contributed by atoms with Gasteiger partial charge < -0.3 is 0 Å². The summed E-state index contributed by atoms with van der Waals surface area (Å²) in [7, 11) is -1.89. The predicted octanol–water partition coefficient (Wildman–Crippen LogP) is 1.90. The molecular weight excluding hydrogens is 146 g/mol. The minimum atomic E-state index is -1.89. The van der Waals surface area contributed by atoms with Crippen molar-refractivity contribution in [2.24, 2.45) is 4.36 Å². The summed E-state index contributed by atoms with van der Waals surface area (Å²) in [6.07, 6.45) is 2.68. The van der Waals surface area contributed by atoms with Gasteiger partial charge in [0, 0.05) is 27.8 Å². The Morgan fingerprint density at radius 1 is 1.50 bits per heavy atom. The van der Waals surface area contributed by atoms with Crippen LogP contribution in [-0.2, 0) is 9.73 Å². The Hall–Kier alpha value is -0.0500. The molecule has 0 N–H and O–H groups in total. The Labute approximate surface area is 64.2 Å². The summed E-state index contributed by atoms with van der Waals surface area (Å²) in [6, 6.07) is 0. The van der Waals surface area contributed by atoms with Crippen LogP contribution >= 0.6 is 0 Å². The molecule has 0 aliphatic rings. The van der Waals surface area contributed by atoms with Crippen LogP contribution in [0.4, 0.5) is 0 Å². The van der Waals surface area contributed by atoms with Crippen molar-refractivity contribution < 1.29 is 4.21 Å². The first-order chi connectivity index (χ1) is 4.54. The van der Waals surface area contributed by atoms with Gasteiger partial charge in [-0.25, -0.2) is 8.57 Å². The first kappa shape index (κ1) is 9.95. The molecule has 2 atom stereocenters. The van der Waals surface area contributed by atoms with E-state index < -0.39 is 9.73 Å². The molecule has 2 unspecified atom stereocenters. The highest BCUT2D eigenvalue weighted by Crippen LogP contribution is 2.05. The Balaban J connectivity index is 4.40. The van der Waals surface area contributed by atoms with Crippen LogP contribution in [-0.4, -0.2) is 22.3 Å². The molecule has 10 heavy (non-hydrogen) atoms. The highest BCUT2D eigenvalue weighted by atomic mass is 32.2. The molecule has 0 fully saturated rings. The Bertz CT molecular complexity index is 192. The van der Waals surface area contributed by atoms with Crippen molar-refractivity contribution in [1.29, 1.82) is 0 Å². The van der Waals surface area contributed by atoms with Crippen molar-refractivity contribution in [3.05, 3.63) is 0 Å². The molecule has 0 aromatic carbocycles. The van der Waals surface area contributed by atoms with Gasteiger partial charge in [-0.2, -0.15) is 0 Å². The zero-order valence-electron chi connectivity index (χ0n) is 7.26. The van der Waals surface area contributed by atoms with E-state index in [0.29, 0.717) is 6.54 Å². The minimum Gasteiger partial charge on any atom is -0.250 e. The van der Waals surface area contributed by atoms with Crippen LogP contribution in [0.3, 0.4) is 0 Å². The Morgan fingerprint density at radius 3 is 2.30 bits per heavy atom. The van der Waals surface area contributed by atoms with Gasteiger partial charge in [0.25, 0.3) is 0 Å². The quantitative estimate of drug-likeness (QED) is 0.625. The summed E-state index contributed by atoms with van der Waals surface area (Å²) in [5.41, 5.74) is 0. The number of nitrogens with zero attached hydrogens (tertiary/aromatic N) is 1. The average molecular weight is 163 g/mol. The molecule has 0 rings (SSSR count). The van der Waals surface area contributed by atoms with Crippen LogP contribution in [0.25, 0.3) is 0 Å². The van der Waals surface area contributed by atoms with E-state index in [1.165, 1.54) is 0 Å². The van der Waals surface area contributed by atoms with Crippen LogP contribution in [0.15, 0.2) is 4.36 Å². The normalized spacial score (nSPS) is 19.6. The fourth-order valence-electron chi connectivity index (χ4n) is 0.693. The van der Waals surface area contributed by atoms with E-state index in [0.717, 1.165) is 6.42 Å². The molecule has 0 aromatic heterocycles. The molecule has 2 nitrogen and oxygen atoms in total. The molecule has 0 saturated carbocycles. The second-order valence-electron chi connectivity index (χ2n) is 2.53. The zero-order valence-corrected chi connectivity index (χ0v) is 8.07. The van der Waals surface area contributed by atoms with E-state index in [1.807, 2.05) is 20.8 Å². The Kier molecular flexibility index (Phi) is 3.94. The molecule has 0 heterocycles. The van der Waals surface area contributed by atoms with Crippen LogP contribution in [0, 0.1) is 0 Å². The molecule has 0 amide bonds. The average Bonchev–Trinajstić information content (AvgIpc) is 1.86. The van der Waals surface area contributed by atoms with Gasteiger partial charge in [-0.1, -0.05) is 6.92 Å². The summed E-state index contributed by atoms with van der Waals surface area (Å²) in [4.78, 5) is 0. The summed E-state index contributed by atoms with van der Waals surface area (Å²) in [6.45, 7) is 6.62. The molecule has 3 heteroatoms. The summed E-state index contributed by atoms with van der Waals surface area (Å²) < 4.78 is 15.6. The van der Waals surface area contributed by atoms with E-state index in [-0.39, 0.29) is 5.25 Å². The number of hydrogen-bond acceptors (Lipinski definition) is 2. The van der Waals surface area contributed by atoms with Crippen LogP contribution < -0.4 is 0 Å². The lowest BCUT2D eigenvalue weighted by molar-refractivity contribution is 0.665. The fourth-order valence-corrected chi connectivity index (χ4v) is 2.08. The second-order valence-corrected chi connectivity index (χ2v) is 5.31. The molecule has 62 valence electrons. The topological polar surface area (TPSA) is 29.4 Å². The van der Waals surface area contributed by atoms with Crippen molar-refractivity contribution in [2.45, 2.75) is 32.4 Å². The van der Waals surface area contributed by atoms with Gasteiger partial charge in [-0.3, -0.25) is 0 Å². The van der Waals surface area contributed by atoms with Gasteiger partial charge in [0.2, 0.25) is 0 Å². The van der Waals surface area contributed by atoms with E-state index in [9.17, 15) is 4.21 Å². The predicted molar refractivity (Wildman–Crippen MR) is 46.8 cm³/mol. The molecular formula is C7H17NOS. The van der Waals surface area contributed by atoms with Crippen LogP contribution in [0.1, 0.15) is 27.2 Å². The second kappa shape index (κ2) is 3.96. The zero-order chi connectivity index (χ0) is 8.20. The highest BCUT2D eigenvalue weighted by molar-refractivity contribution is 7.93. The molecule has 0 aliphatic carbocycles. The van der Waals surface area contributed by atoms with Crippen molar-refractivity contribution in [2.75, 3.05) is 12.8 Å². The maximum absolute atomic E-state index is 11.6. The highest BCUT2D eigenvalue weighted by Gasteiger charge is 2.08. The largest absolute Gasteiger partial charge is 0.250 e. The van der Waals surface area contributed by atoms with Crippen LogP contribution in [0.2, 0.25) is 0 Å². The van der Waals surface area contributed by atoms with Crippen LogP contribution in [0.5, 0.6) is 0 Å². The number of hydrogen-bond donors (Lipinski definition) is 0. The summed E-state index contributed by atoms with van der Waals surface area (Å²) >= 11 is 0. The maximum atomic E-state index is 11.6. The van der Waals surface area contributed by atoms with Gasteiger partial charge in [-0.15, -0.1) is 0 Å². The van der Waals surface area contributed by atoms with E-state index in [2.05, 4.69) is 4.36 Å². The van der Waals surface area contributed by atoms with Gasteiger partial charge in [0.15, 0.2) is 0 Å². The lowest BCUT2D eigenvalue weighted by atomic mass is 10.4. The minimum absolute atomic E-state index is 0.229.